The molecule has 3 unspecified atom stereocenters. The Morgan fingerprint density at radius 2 is 1.24 bits per heavy atom. The van der Waals surface area contributed by atoms with Gasteiger partial charge in [-0.3, -0.25) is 44.2 Å². The fraction of sp³-hybridized carbons (Fsp3) is 0.457. The molecular weight excluding hydrogens is 632 g/mol. The zero-order valence-corrected chi connectivity index (χ0v) is 27.1. The van der Waals surface area contributed by atoms with Crippen LogP contribution in [0.1, 0.15) is 102 Å². The van der Waals surface area contributed by atoms with E-state index in [0.29, 0.717) is 52.9 Å². The lowest BCUT2D eigenvalue weighted by Crippen LogP contribution is -2.52. The number of carbonyl (C=O) groups excluding carboxylic acids is 7. The quantitative estimate of drug-likeness (QED) is 0.121. The first-order valence-electron chi connectivity index (χ1n) is 16.9. The molecule has 6 rings (SSSR count). The van der Waals surface area contributed by atoms with E-state index >= 15 is 0 Å². The van der Waals surface area contributed by atoms with E-state index in [9.17, 15) is 38.7 Å². The lowest BCUT2D eigenvalue weighted by atomic mass is 10.0. The zero-order chi connectivity index (χ0) is 34.7. The molecule has 4 aliphatic rings. The third-order valence-corrected chi connectivity index (χ3v) is 9.64. The summed E-state index contributed by atoms with van der Waals surface area (Å²) in [6.45, 7) is 0.402. The van der Waals surface area contributed by atoms with Crippen LogP contribution in [0, 0.1) is 0 Å². The third kappa shape index (κ3) is 7.33. The Morgan fingerprint density at radius 1 is 0.735 bits per heavy atom. The number of amides is 7. The average molecular weight is 673 g/mol. The maximum atomic E-state index is 13.0. The summed E-state index contributed by atoms with van der Waals surface area (Å²) in [5.41, 5.74) is 3.48. The monoisotopic (exact) mass is 672 g/mol. The Balaban J connectivity index is 0.898. The minimum absolute atomic E-state index is 0.162. The van der Waals surface area contributed by atoms with Gasteiger partial charge in [0.05, 0.1) is 0 Å². The number of aliphatic hydroxyl groups is 1. The van der Waals surface area contributed by atoms with Crippen molar-refractivity contribution in [1.82, 2.24) is 20.4 Å². The van der Waals surface area contributed by atoms with Crippen LogP contribution in [0.2, 0.25) is 0 Å². The Morgan fingerprint density at radius 3 is 1.82 bits per heavy atom. The largest absolute Gasteiger partial charge is 0.374 e. The molecule has 14 nitrogen and oxygen atoms in total. The van der Waals surface area contributed by atoms with Gasteiger partial charge in [-0.25, -0.2) is 0 Å². The highest BCUT2D eigenvalue weighted by Crippen LogP contribution is 2.34. The predicted octanol–water partition coefficient (Wildman–Crippen LogP) is 2.31. The molecule has 2 aromatic rings. The van der Waals surface area contributed by atoms with E-state index in [1.54, 1.807) is 36.4 Å². The molecule has 0 saturated carbocycles. The SMILES string of the molecule is O=C1CCC(N2Cc3c(NC(=O)CCCCCCCC(O)Nc4cccc5c4CN(C4CCC(=O)NC4=O)C5=O)cccc3C2=O)C(=O)N1. The molecule has 4 aliphatic heterocycles. The molecule has 0 aromatic heterocycles. The van der Waals surface area contributed by atoms with Gasteiger partial charge in [0.2, 0.25) is 29.5 Å². The van der Waals surface area contributed by atoms with Gasteiger partial charge in [-0.1, -0.05) is 31.4 Å². The van der Waals surface area contributed by atoms with E-state index in [4.69, 9.17) is 0 Å². The topological polar surface area (TPSA) is 194 Å². The van der Waals surface area contributed by atoms with Crippen molar-refractivity contribution in [3.63, 3.8) is 0 Å². The number of nitrogens with zero attached hydrogens (tertiary/aromatic N) is 2. The van der Waals surface area contributed by atoms with E-state index in [-0.39, 0.29) is 68.3 Å². The first-order valence-corrected chi connectivity index (χ1v) is 16.9. The van der Waals surface area contributed by atoms with Crippen molar-refractivity contribution in [2.45, 2.75) is 102 Å². The minimum Gasteiger partial charge on any atom is -0.374 e. The van der Waals surface area contributed by atoms with Crippen LogP contribution in [0.15, 0.2) is 36.4 Å². The van der Waals surface area contributed by atoms with Crippen LogP contribution in [0.25, 0.3) is 0 Å². The van der Waals surface area contributed by atoms with Crippen LogP contribution in [0.5, 0.6) is 0 Å². The molecule has 0 bridgehead atoms. The van der Waals surface area contributed by atoms with Gasteiger partial charge in [0.1, 0.15) is 18.3 Å². The number of hydrogen-bond donors (Lipinski definition) is 5. The van der Waals surface area contributed by atoms with Crippen molar-refractivity contribution in [2.24, 2.45) is 0 Å². The van der Waals surface area contributed by atoms with Crippen molar-refractivity contribution >= 4 is 52.7 Å². The maximum Gasteiger partial charge on any atom is 0.255 e. The van der Waals surface area contributed by atoms with Crippen LogP contribution >= 0.6 is 0 Å². The number of rotatable bonds is 13. The first-order chi connectivity index (χ1) is 23.6. The van der Waals surface area contributed by atoms with Crippen LogP contribution < -0.4 is 21.3 Å². The molecule has 49 heavy (non-hydrogen) atoms. The van der Waals surface area contributed by atoms with Crippen LogP contribution in [0.4, 0.5) is 11.4 Å². The Kier molecular flexibility index (Phi) is 10.0. The smallest absolute Gasteiger partial charge is 0.255 e. The molecule has 0 spiro atoms. The van der Waals surface area contributed by atoms with Gasteiger partial charge in [-0.2, -0.15) is 0 Å². The second kappa shape index (κ2) is 14.6. The normalized spacial score (nSPS) is 20.9. The van der Waals surface area contributed by atoms with Gasteiger partial charge >= 0.3 is 0 Å². The molecular formula is C35H40N6O8. The van der Waals surface area contributed by atoms with E-state index in [2.05, 4.69) is 21.3 Å². The molecule has 2 aromatic carbocycles. The number of anilines is 2. The van der Waals surface area contributed by atoms with Gasteiger partial charge in [-0.05, 0) is 56.4 Å². The first kappa shape index (κ1) is 33.8. The summed E-state index contributed by atoms with van der Waals surface area (Å²) in [5.74, 6) is -2.35. The highest BCUT2D eigenvalue weighted by atomic mass is 16.3. The summed E-state index contributed by atoms with van der Waals surface area (Å²) in [5, 5.41) is 21.3. The second-order valence-electron chi connectivity index (χ2n) is 13.0. The summed E-state index contributed by atoms with van der Waals surface area (Å²) in [7, 11) is 0. The van der Waals surface area contributed by atoms with Crippen molar-refractivity contribution < 1.29 is 38.7 Å². The number of carbonyl (C=O) groups is 7. The van der Waals surface area contributed by atoms with Gasteiger partial charge in [0, 0.05) is 66.0 Å². The molecule has 4 heterocycles. The molecule has 0 radical (unpaired) electrons. The van der Waals surface area contributed by atoms with Gasteiger partial charge in [0.15, 0.2) is 0 Å². The fourth-order valence-electron chi connectivity index (χ4n) is 7.04. The number of aliphatic hydroxyl groups excluding tert-OH is 1. The summed E-state index contributed by atoms with van der Waals surface area (Å²) in [4.78, 5) is 89.5. The highest BCUT2D eigenvalue weighted by molar-refractivity contribution is 6.07. The average Bonchev–Trinajstić information content (AvgIpc) is 3.58. The Hall–Kier alpha value is -5.11. The summed E-state index contributed by atoms with van der Waals surface area (Å²) >= 11 is 0. The van der Waals surface area contributed by atoms with E-state index < -0.39 is 30.1 Å². The molecule has 2 saturated heterocycles. The fourth-order valence-corrected chi connectivity index (χ4v) is 7.04. The number of benzene rings is 2. The van der Waals surface area contributed by atoms with Crippen LogP contribution in [-0.4, -0.2) is 74.6 Å². The lowest BCUT2D eigenvalue weighted by Gasteiger charge is -2.29. The van der Waals surface area contributed by atoms with E-state index in [0.717, 1.165) is 25.7 Å². The van der Waals surface area contributed by atoms with Gasteiger partial charge in [0.25, 0.3) is 11.8 Å². The number of hydrogen-bond acceptors (Lipinski definition) is 9. The predicted molar refractivity (Wildman–Crippen MR) is 176 cm³/mol. The van der Waals surface area contributed by atoms with Crippen molar-refractivity contribution in [2.75, 3.05) is 10.6 Å². The molecule has 0 aliphatic carbocycles. The lowest BCUT2D eigenvalue weighted by molar-refractivity contribution is -0.138. The molecule has 14 heteroatoms. The third-order valence-electron chi connectivity index (χ3n) is 9.64. The van der Waals surface area contributed by atoms with E-state index in [1.807, 2.05) is 0 Å². The van der Waals surface area contributed by atoms with E-state index in [1.165, 1.54) is 9.80 Å². The van der Waals surface area contributed by atoms with Crippen molar-refractivity contribution in [1.29, 1.82) is 0 Å². The second-order valence-corrected chi connectivity index (χ2v) is 13.0. The van der Waals surface area contributed by atoms with Crippen LogP contribution in [-0.2, 0) is 37.1 Å². The number of unbranched alkanes of at least 4 members (excludes halogenated alkanes) is 4. The van der Waals surface area contributed by atoms with Crippen molar-refractivity contribution in [3.05, 3.63) is 58.7 Å². The van der Waals surface area contributed by atoms with Gasteiger partial charge < -0.3 is 25.5 Å². The number of piperidine rings is 2. The van der Waals surface area contributed by atoms with Crippen molar-refractivity contribution in [3.8, 4) is 0 Å². The molecule has 258 valence electrons. The standard InChI is InChI=1S/C35H40N6O8/c42-28(36-24-10-6-8-20-22(24)18-40(34(20)48)26-14-16-30(44)38-32(26)46)12-4-2-1-3-5-13-29(43)37-25-11-7-9-21-23(25)19-41(35(21)49)27-15-17-31(45)39-33(27)47/h6-11,26-28,36,42H,1-5,12-19H2,(H,37,43)(H,38,44,46)(H,39,45,47). The highest BCUT2D eigenvalue weighted by Gasteiger charge is 2.41. The zero-order valence-electron chi connectivity index (χ0n) is 27.1. The molecule has 3 atom stereocenters. The minimum atomic E-state index is -0.831. The maximum absolute atomic E-state index is 13.0. The summed E-state index contributed by atoms with van der Waals surface area (Å²) in [6, 6.07) is 8.92. The van der Waals surface area contributed by atoms with Crippen LogP contribution in [0.3, 0.4) is 0 Å². The molecule has 2 fully saturated rings. The summed E-state index contributed by atoms with van der Waals surface area (Å²) in [6.07, 6.45) is 4.88. The Bertz CT molecular complexity index is 1710. The number of fused-ring (bicyclic) bond motifs is 2. The molecule has 5 N–H and O–H groups in total. The number of nitrogens with one attached hydrogen (secondary N) is 4. The number of imide groups is 2. The molecule has 7 amide bonds. The van der Waals surface area contributed by atoms with Gasteiger partial charge in [-0.15, -0.1) is 0 Å². The Labute approximate surface area is 283 Å². The summed E-state index contributed by atoms with van der Waals surface area (Å²) < 4.78 is 0.